The molecule has 2 heterocycles. The molecule has 0 spiro atoms. The average molecular weight is 435 g/mol. The van der Waals surface area contributed by atoms with E-state index in [1.807, 2.05) is 66.9 Å². The van der Waals surface area contributed by atoms with Crippen molar-refractivity contribution >= 4 is 40.0 Å². The van der Waals surface area contributed by atoms with Crippen LogP contribution in [0.4, 0.5) is 10.5 Å². The van der Waals surface area contributed by atoms with Crippen LogP contribution < -0.4 is 10.6 Å². The first kappa shape index (κ1) is 16.7. The van der Waals surface area contributed by atoms with Crippen LogP contribution in [0.15, 0.2) is 48.7 Å². The summed E-state index contributed by atoms with van der Waals surface area (Å²) >= 11 is 2.19. The number of urea groups is 1. The second-order valence-corrected chi connectivity index (χ2v) is 6.95. The Bertz CT molecular complexity index is 861. The highest BCUT2D eigenvalue weighted by Crippen LogP contribution is 2.22. The summed E-state index contributed by atoms with van der Waals surface area (Å²) < 4.78 is 2.89. The summed E-state index contributed by atoms with van der Waals surface area (Å²) in [5, 5.41) is 14.3. The molecule has 0 aliphatic rings. The van der Waals surface area contributed by atoms with E-state index in [1.165, 1.54) is 0 Å². The van der Waals surface area contributed by atoms with Crippen LogP contribution >= 0.6 is 22.6 Å². The highest BCUT2D eigenvalue weighted by molar-refractivity contribution is 14.1. The minimum atomic E-state index is -0.259. The fourth-order valence-electron chi connectivity index (χ4n) is 2.46. The van der Waals surface area contributed by atoms with Crippen LogP contribution in [0.2, 0.25) is 0 Å². The molecule has 0 aliphatic carbocycles. The van der Waals surface area contributed by atoms with E-state index < -0.39 is 0 Å². The lowest BCUT2D eigenvalue weighted by atomic mass is 10.0. The molecule has 124 valence electrons. The number of para-hydroxylation sites is 1. The number of carbonyl (C=O) groups is 1. The van der Waals surface area contributed by atoms with Gasteiger partial charge in [0.15, 0.2) is 11.5 Å². The molecule has 2 N–H and O–H groups in total. The summed E-state index contributed by atoms with van der Waals surface area (Å²) in [6.07, 6.45) is 1.90. The molecule has 0 radical (unpaired) electrons. The predicted molar refractivity (Wildman–Crippen MR) is 102 cm³/mol. The van der Waals surface area contributed by atoms with Gasteiger partial charge in [-0.1, -0.05) is 32.0 Å². The number of aromatic nitrogens is 3. The minimum Gasteiger partial charge on any atom is -0.328 e. The Morgan fingerprint density at radius 3 is 2.62 bits per heavy atom. The maximum Gasteiger partial charge on any atom is 0.319 e. The lowest BCUT2D eigenvalue weighted by Gasteiger charge is -2.21. The van der Waals surface area contributed by atoms with Crippen molar-refractivity contribution in [2.24, 2.45) is 5.92 Å². The van der Waals surface area contributed by atoms with E-state index in [-0.39, 0.29) is 18.0 Å². The van der Waals surface area contributed by atoms with Crippen LogP contribution in [-0.4, -0.2) is 20.6 Å². The van der Waals surface area contributed by atoms with E-state index in [0.717, 1.165) is 20.7 Å². The SMILES string of the molecule is CC(C)C(NC(=O)Nc1ccccc1I)c1nnc2ccccn12. The lowest BCUT2D eigenvalue weighted by Crippen LogP contribution is -2.36. The van der Waals surface area contributed by atoms with Gasteiger partial charge >= 0.3 is 6.03 Å². The summed E-state index contributed by atoms with van der Waals surface area (Å²) in [5.41, 5.74) is 1.54. The number of rotatable bonds is 4. The highest BCUT2D eigenvalue weighted by Gasteiger charge is 2.23. The van der Waals surface area contributed by atoms with Crippen molar-refractivity contribution in [3.8, 4) is 0 Å². The van der Waals surface area contributed by atoms with Gasteiger partial charge in [0.05, 0.1) is 11.7 Å². The van der Waals surface area contributed by atoms with E-state index in [0.29, 0.717) is 0 Å². The molecule has 0 bridgehead atoms. The number of anilines is 1. The van der Waals surface area contributed by atoms with E-state index >= 15 is 0 Å². The van der Waals surface area contributed by atoms with Crippen molar-refractivity contribution in [2.45, 2.75) is 19.9 Å². The molecule has 1 atom stereocenters. The van der Waals surface area contributed by atoms with Gasteiger partial charge in [-0.25, -0.2) is 4.79 Å². The Hall–Kier alpha value is -2.16. The van der Waals surface area contributed by atoms with Crippen molar-refractivity contribution in [1.29, 1.82) is 0 Å². The molecule has 1 unspecified atom stereocenters. The molecule has 7 heteroatoms. The molecule has 0 saturated heterocycles. The molecular weight excluding hydrogens is 417 g/mol. The molecule has 3 aromatic rings. The van der Waals surface area contributed by atoms with Gasteiger partial charge in [0.25, 0.3) is 0 Å². The number of benzene rings is 1. The van der Waals surface area contributed by atoms with Crippen LogP contribution in [0, 0.1) is 9.49 Å². The number of hydrogen-bond acceptors (Lipinski definition) is 3. The van der Waals surface area contributed by atoms with Gasteiger partial charge in [-0.2, -0.15) is 0 Å². The molecule has 1 aromatic carbocycles. The number of carbonyl (C=O) groups excluding carboxylic acids is 1. The van der Waals surface area contributed by atoms with E-state index in [2.05, 4.69) is 43.4 Å². The lowest BCUT2D eigenvalue weighted by molar-refractivity contribution is 0.243. The molecule has 2 aromatic heterocycles. The number of pyridine rings is 1. The Labute approximate surface area is 153 Å². The predicted octanol–water partition coefficient (Wildman–Crippen LogP) is 3.85. The largest absolute Gasteiger partial charge is 0.328 e. The van der Waals surface area contributed by atoms with Gasteiger partial charge in [0, 0.05) is 9.77 Å². The summed E-state index contributed by atoms with van der Waals surface area (Å²) in [6.45, 7) is 4.09. The number of amides is 2. The van der Waals surface area contributed by atoms with Gasteiger partial charge in [0.2, 0.25) is 0 Å². The third kappa shape index (κ3) is 3.50. The maximum atomic E-state index is 12.4. The highest BCUT2D eigenvalue weighted by atomic mass is 127. The zero-order chi connectivity index (χ0) is 17.1. The summed E-state index contributed by atoms with van der Waals surface area (Å²) in [4.78, 5) is 12.4. The topological polar surface area (TPSA) is 71.3 Å². The van der Waals surface area contributed by atoms with E-state index in [9.17, 15) is 4.79 Å². The second kappa shape index (κ2) is 7.16. The standard InChI is InChI=1S/C17H18IN5O/c1-11(2)15(16-22-21-14-9-5-6-10-23(14)16)20-17(24)19-13-8-4-3-7-12(13)18/h3-11,15H,1-2H3,(H2,19,20,24). The van der Waals surface area contributed by atoms with E-state index in [4.69, 9.17) is 0 Å². The fraction of sp³-hybridized carbons (Fsp3) is 0.235. The van der Waals surface area contributed by atoms with Crippen LogP contribution in [0.3, 0.4) is 0 Å². The zero-order valence-corrected chi connectivity index (χ0v) is 15.6. The van der Waals surface area contributed by atoms with Crippen molar-refractivity contribution in [1.82, 2.24) is 19.9 Å². The van der Waals surface area contributed by atoms with Gasteiger partial charge < -0.3 is 10.6 Å². The number of halogens is 1. The first-order valence-electron chi connectivity index (χ1n) is 7.68. The van der Waals surface area contributed by atoms with Gasteiger partial charge in [-0.15, -0.1) is 10.2 Å². The fourth-order valence-corrected chi connectivity index (χ4v) is 2.99. The van der Waals surface area contributed by atoms with Crippen LogP contribution in [0.1, 0.15) is 25.7 Å². The van der Waals surface area contributed by atoms with Crippen molar-refractivity contribution in [3.05, 3.63) is 58.1 Å². The monoisotopic (exact) mass is 435 g/mol. The smallest absolute Gasteiger partial charge is 0.319 e. The number of hydrogen-bond donors (Lipinski definition) is 2. The first-order chi connectivity index (χ1) is 11.6. The van der Waals surface area contributed by atoms with Crippen LogP contribution in [0.25, 0.3) is 5.65 Å². The Balaban J connectivity index is 1.82. The average Bonchev–Trinajstić information content (AvgIpc) is 2.98. The van der Waals surface area contributed by atoms with Crippen LogP contribution in [0.5, 0.6) is 0 Å². The number of fused-ring (bicyclic) bond motifs is 1. The third-order valence-corrected chi connectivity index (χ3v) is 4.63. The molecule has 0 aliphatic heterocycles. The molecule has 0 fully saturated rings. The summed E-state index contributed by atoms with van der Waals surface area (Å²) in [5.74, 6) is 0.886. The number of nitrogens with one attached hydrogen (secondary N) is 2. The number of nitrogens with zero attached hydrogens (tertiary/aromatic N) is 3. The summed E-state index contributed by atoms with van der Waals surface area (Å²) in [6, 6.07) is 12.9. The van der Waals surface area contributed by atoms with Gasteiger partial charge in [0.1, 0.15) is 0 Å². The minimum absolute atomic E-state index is 0.165. The quantitative estimate of drug-likeness (QED) is 0.612. The Morgan fingerprint density at radius 2 is 1.88 bits per heavy atom. The molecule has 3 rings (SSSR count). The first-order valence-corrected chi connectivity index (χ1v) is 8.76. The summed E-state index contributed by atoms with van der Waals surface area (Å²) in [7, 11) is 0. The molecule has 6 nitrogen and oxygen atoms in total. The van der Waals surface area contributed by atoms with E-state index in [1.54, 1.807) is 0 Å². The van der Waals surface area contributed by atoms with Crippen LogP contribution in [-0.2, 0) is 0 Å². The Kier molecular flexibility index (Phi) is 4.98. The normalized spacial score (nSPS) is 12.3. The second-order valence-electron chi connectivity index (χ2n) is 5.79. The van der Waals surface area contributed by atoms with Crippen molar-refractivity contribution in [2.75, 3.05) is 5.32 Å². The molecule has 2 amide bonds. The van der Waals surface area contributed by atoms with Gasteiger partial charge in [-0.3, -0.25) is 4.40 Å². The third-order valence-electron chi connectivity index (χ3n) is 3.69. The molecular formula is C17H18IN5O. The Morgan fingerprint density at radius 1 is 1.12 bits per heavy atom. The van der Waals surface area contributed by atoms with Crippen molar-refractivity contribution < 1.29 is 4.79 Å². The molecule has 0 saturated carbocycles. The maximum absolute atomic E-state index is 12.4. The van der Waals surface area contributed by atoms with Gasteiger partial charge in [-0.05, 0) is 52.8 Å². The zero-order valence-electron chi connectivity index (χ0n) is 13.4. The molecule has 24 heavy (non-hydrogen) atoms. The van der Waals surface area contributed by atoms with Crippen molar-refractivity contribution in [3.63, 3.8) is 0 Å².